The molecular weight excluding hydrogens is 210 g/mol. The first kappa shape index (κ1) is 13.7. The third-order valence-corrected chi connectivity index (χ3v) is 2.95. The summed E-state index contributed by atoms with van der Waals surface area (Å²) in [6, 6.07) is 8.35. The Morgan fingerprint density at radius 2 is 2.18 bits per heavy atom. The highest BCUT2D eigenvalue weighted by molar-refractivity contribution is 5.03. The molecular formula is C14H21N3. The van der Waals surface area contributed by atoms with Crippen LogP contribution in [-0.2, 0) is 6.42 Å². The molecule has 0 saturated heterocycles. The Kier molecular flexibility index (Phi) is 5.65. The van der Waals surface area contributed by atoms with Crippen LogP contribution in [0.3, 0.4) is 0 Å². The Balaban J connectivity index is 2.35. The van der Waals surface area contributed by atoms with Crippen molar-refractivity contribution in [3.63, 3.8) is 0 Å². The van der Waals surface area contributed by atoms with Gasteiger partial charge in [0.2, 0.25) is 0 Å². The molecule has 0 N–H and O–H groups in total. The Labute approximate surface area is 104 Å². The second-order valence-electron chi connectivity index (χ2n) is 4.81. The van der Waals surface area contributed by atoms with E-state index in [-0.39, 0.29) is 5.92 Å². The van der Waals surface area contributed by atoms with Gasteiger partial charge in [-0.05, 0) is 25.1 Å². The summed E-state index contributed by atoms with van der Waals surface area (Å²) in [5.41, 5.74) is 1.11. The highest BCUT2D eigenvalue weighted by atomic mass is 15.1. The van der Waals surface area contributed by atoms with Crippen molar-refractivity contribution in [2.75, 3.05) is 20.1 Å². The Morgan fingerprint density at radius 1 is 1.41 bits per heavy atom. The lowest BCUT2D eigenvalue weighted by molar-refractivity contribution is 0.274. The van der Waals surface area contributed by atoms with Gasteiger partial charge in [0.25, 0.3) is 0 Å². The van der Waals surface area contributed by atoms with Crippen LogP contribution in [0.25, 0.3) is 0 Å². The fourth-order valence-electron chi connectivity index (χ4n) is 1.68. The topological polar surface area (TPSA) is 39.9 Å². The van der Waals surface area contributed by atoms with Gasteiger partial charge < -0.3 is 4.90 Å². The summed E-state index contributed by atoms with van der Waals surface area (Å²) in [5, 5.41) is 9.04. The summed E-state index contributed by atoms with van der Waals surface area (Å²) >= 11 is 0. The molecule has 0 spiro atoms. The Morgan fingerprint density at radius 3 is 2.71 bits per heavy atom. The summed E-state index contributed by atoms with van der Waals surface area (Å²) in [7, 11) is 2.07. The number of rotatable bonds is 6. The van der Waals surface area contributed by atoms with Gasteiger partial charge in [-0.2, -0.15) is 5.26 Å². The predicted octanol–water partition coefficient (Wildman–Crippen LogP) is 2.35. The molecule has 1 rings (SSSR count). The molecule has 0 aliphatic heterocycles. The van der Waals surface area contributed by atoms with E-state index < -0.39 is 0 Å². The Bertz CT molecular complexity index is 353. The molecule has 0 aromatic carbocycles. The molecule has 92 valence electrons. The monoisotopic (exact) mass is 231 g/mol. The molecule has 0 bridgehead atoms. The number of hydrogen-bond donors (Lipinski definition) is 0. The predicted molar refractivity (Wildman–Crippen MR) is 69.4 cm³/mol. The van der Waals surface area contributed by atoms with E-state index in [2.05, 4.69) is 36.8 Å². The van der Waals surface area contributed by atoms with Crippen molar-refractivity contribution in [1.82, 2.24) is 9.88 Å². The summed E-state index contributed by atoms with van der Waals surface area (Å²) in [4.78, 5) is 6.50. The lowest BCUT2D eigenvalue weighted by atomic mass is 9.97. The quantitative estimate of drug-likeness (QED) is 0.754. The fourth-order valence-corrected chi connectivity index (χ4v) is 1.68. The van der Waals surface area contributed by atoms with Gasteiger partial charge in [-0.3, -0.25) is 4.98 Å². The highest BCUT2D eigenvalue weighted by Gasteiger charge is 2.14. The molecule has 0 aliphatic rings. The molecule has 0 saturated carbocycles. The zero-order valence-electron chi connectivity index (χ0n) is 10.9. The van der Waals surface area contributed by atoms with Crippen LogP contribution < -0.4 is 0 Å². The van der Waals surface area contributed by atoms with E-state index in [0.717, 1.165) is 25.2 Å². The standard InChI is InChI=1S/C14H21N3/c1-12(2)13(10-15)11-17(3)9-7-14-6-4-5-8-16-14/h4-6,8,12-13H,7,9,11H2,1-3H3. The fraction of sp³-hybridized carbons (Fsp3) is 0.571. The number of hydrogen-bond acceptors (Lipinski definition) is 3. The second kappa shape index (κ2) is 7.03. The number of nitrogens with zero attached hydrogens (tertiary/aromatic N) is 3. The van der Waals surface area contributed by atoms with E-state index >= 15 is 0 Å². The molecule has 1 unspecified atom stereocenters. The van der Waals surface area contributed by atoms with E-state index in [4.69, 9.17) is 5.26 Å². The molecule has 1 aromatic rings. The molecule has 17 heavy (non-hydrogen) atoms. The first-order valence-corrected chi connectivity index (χ1v) is 6.11. The molecule has 3 nitrogen and oxygen atoms in total. The van der Waals surface area contributed by atoms with Crippen molar-refractivity contribution >= 4 is 0 Å². The minimum Gasteiger partial charge on any atom is -0.305 e. The van der Waals surface area contributed by atoms with Crippen LogP contribution in [0.15, 0.2) is 24.4 Å². The van der Waals surface area contributed by atoms with Crippen LogP contribution in [0, 0.1) is 23.2 Å². The van der Waals surface area contributed by atoms with E-state index in [1.807, 2.05) is 24.4 Å². The summed E-state index contributed by atoms with van der Waals surface area (Å²) in [5.74, 6) is 0.529. The van der Waals surface area contributed by atoms with Gasteiger partial charge in [-0.1, -0.05) is 19.9 Å². The van der Waals surface area contributed by atoms with Crippen LogP contribution in [0.5, 0.6) is 0 Å². The molecule has 0 aliphatic carbocycles. The van der Waals surface area contributed by atoms with Crippen molar-refractivity contribution in [3.8, 4) is 6.07 Å². The molecule has 1 aromatic heterocycles. The van der Waals surface area contributed by atoms with Gasteiger partial charge >= 0.3 is 0 Å². The first-order valence-electron chi connectivity index (χ1n) is 6.11. The summed E-state index contributed by atoms with van der Waals surface area (Å²) < 4.78 is 0. The number of likely N-dealkylation sites (N-methyl/N-ethyl adjacent to an activating group) is 1. The average molecular weight is 231 g/mol. The average Bonchev–Trinajstić information content (AvgIpc) is 2.34. The van der Waals surface area contributed by atoms with E-state index in [0.29, 0.717) is 5.92 Å². The number of pyridine rings is 1. The van der Waals surface area contributed by atoms with Gasteiger partial charge in [0.15, 0.2) is 0 Å². The van der Waals surface area contributed by atoms with Crippen LogP contribution in [0.2, 0.25) is 0 Å². The van der Waals surface area contributed by atoms with E-state index in [9.17, 15) is 0 Å². The van der Waals surface area contributed by atoms with E-state index in [1.54, 1.807) is 0 Å². The SMILES string of the molecule is CC(C)C(C#N)CN(C)CCc1ccccn1. The van der Waals surface area contributed by atoms with Crippen molar-refractivity contribution in [2.45, 2.75) is 20.3 Å². The normalized spacial score (nSPS) is 12.7. The molecule has 1 atom stereocenters. The van der Waals surface area contributed by atoms with Crippen LogP contribution >= 0.6 is 0 Å². The smallest absolute Gasteiger partial charge is 0.0671 e. The van der Waals surface area contributed by atoms with Crippen molar-refractivity contribution in [1.29, 1.82) is 5.26 Å². The summed E-state index contributed by atoms with van der Waals surface area (Å²) in [6.07, 6.45) is 2.76. The van der Waals surface area contributed by atoms with Crippen molar-refractivity contribution in [3.05, 3.63) is 30.1 Å². The molecule has 0 fully saturated rings. The van der Waals surface area contributed by atoms with Crippen LogP contribution in [-0.4, -0.2) is 30.0 Å². The number of nitriles is 1. The van der Waals surface area contributed by atoms with Gasteiger partial charge in [0.05, 0.1) is 12.0 Å². The molecule has 0 amide bonds. The molecule has 3 heteroatoms. The third-order valence-electron chi connectivity index (χ3n) is 2.95. The first-order chi connectivity index (χ1) is 8.13. The second-order valence-corrected chi connectivity index (χ2v) is 4.81. The van der Waals surface area contributed by atoms with Gasteiger partial charge in [-0.15, -0.1) is 0 Å². The summed E-state index contributed by atoms with van der Waals surface area (Å²) in [6.45, 7) is 5.98. The van der Waals surface area contributed by atoms with Gasteiger partial charge in [-0.25, -0.2) is 0 Å². The maximum absolute atomic E-state index is 9.04. The number of aromatic nitrogens is 1. The van der Waals surface area contributed by atoms with Crippen molar-refractivity contribution in [2.24, 2.45) is 11.8 Å². The largest absolute Gasteiger partial charge is 0.305 e. The molecule has 0 radical (unpaired) electrons. The maximum atomic E-state index is 9.04. The Hall–Kier alpha value is -1.40. The van der Waals surface area contributed by atoms with E-state index in [1.165, 1.54) is 0 Å². The lowest BCUT2D eigenvalue weighted by Gasteiger charge is -2.21. The zero-order chi connectivity index (χ0) is 12.7. The van der Waals surface area contributed by atoms with Gasteiger partial charge in [0.1, 0.15) is 0 Å². The van der Waals surface area contributed by atoms with Gasteiger partial charge in [0, 0.05) is 31.4 Å². The van der Waals surface area contributed by atoms with Crippen LogP contribution in [0.4, 0.5) is 0 Å². The van der Waals surface area contributed by atoms with Crippen LogP contribution in [0.1, 0.15) is 19.5 Å². The zero-order valence-corrected chi connectivity index (χ0v) is 10.9. The highest BCUT2D eigenvalue weighted by Crippen LogP contribution is 2.10. The lowest BCUT2D eigenvalue weighted by Crippen LogP contribution is -2.29. The van der Waals surface area contributed by atoms with Crippen molar-refractivity contribution < 1.29 is 0 Å². The third kappa shape index (κ3) is 4.97. The minimum atomic E-state index is 0.115. The minimum absolute atomic E-state index is 0.115. The maximum Gasteiger partial charge on any atom is 0.0671 e. The molecule has 1 heterocycles.